The third kappa shape index (κ3) is 4.07. The highest BCUT2D eigenvalue weighted by Crippen LogP contribution is 2.29. The van der Waals surface area contributed by atoms with E-state index < -0.39 is 0 Å². The lowest BCUT2D eigenvalue weighted by molar-refractivity contribution is 0.102. The van der Waals surface area contributed by atoms with Gasteiger partial charge in [0.05, 0.1) is 15.6 Å². The molecule has 30 heavy (non-hydrogen) atoms. The number of hydrogen-bond acceptors (Lipinski definition) is 3. The monoisotopic (exact) mass is 438 g/mol. The smallest absolute Gasteiger partial charge is 0.257 e. The van der Waals surface area contributed by atoms with E-state index in [1.54, 1.807) is 30.3 Å². The molecule has 6 heteroatoms. The zero-order chi connectivity index (χ0) is 21.3. The van der Waals surface area contributed by atoms with Gasteiger partial charge in [0.2, 0.25) is 5.89 Å². The van der Waals surface area contributed by atoms with Crippen LogP contribution in [0.4, 0.5) is 5.69 Å². The first kappa shape index (κ1) is 20.5. The van der Waals surface area contributed by atoms with Gasteiger partial charge in [-0.3, -0.25) is 4.79 Å². The number of aromatic nitrogens is 1. The SMILES string of the molecule is CC[C@@H](C)c1ccc2oc(-c3ccc(NC(=O)c4cccc(Cl)c4Cl)cc3)nc2c1. The molecule has 1 amide bonds. The van der Waals surface area contributed by atoms with Crippen molar-refractivity contribution in [1.29, 1.82) is 0 Å². The minimum Gasteiger partial charge on any atom is -0.436 e. The average Bonchev–Trinajstić information content (AvgIpc) is 3.19. The molecular weight excluding hydrogens is 419 g/mol. The highest BCUT2D eigenvalue weighted by atomic mass is 35.5. The van der Waals surface area contributed by atoms with Crippen molar-refractivity contribution in [1.82, 2.24) is 4.98 Å². The normalized spacial score (nSPS) is 12.1. The van der Waals surface area contributed by atoms with E-state index in [4.69, 9.17) is 27.6 Å². The van der Waals surface area contributed by atoms with Crippen LogP contribution in [0.3, 0.4) is 0 Å². The number of rotatable bonds is 5. The molecule has 3 aromatic carbocycles. The van der Waals surface area contributed by atoms with Crippen LogP contribution >= 0.6 is 23.2 Å². The summed E-state index contributed by atoms with van der Waals surface area (Å²) >= 11 is 12.1. The Morgan fingerprint density at radius 1 is 1.10 bits per heavy atom. The number of anilines is 1. The third-order valence-electron chi connectivity index (χ3n) is 5.18. The van der Waals surface area contributed by atoms with E-state index >= 15 is 0 Å². The lowest BCUT2D eigenvalue weighted by Gasteiger charge is -2.08. The van der Waals surface area contributed by atoms with Gasteiger partial charge >= 0.3 is 0 Å². The van der Waals surface area contributed by atoms with E-state index in [1.165, 1.54) is 5.56 Å². The number of oxazole rings is 1. The van der Waals surface area contributed by atoms with Gasteiger partial charge in [-0.2, -0.15) is 0 Å². The average molecular weight is 439 g/mol. The van der Waals surface area contributed by atoms with Gasteiger partial charge in [0.15, 0.2) is 5.58 Å². The summed E-state index contributed by atoms with van der Waals surface area (Å²) in [7, 11) is 0. The van der Waals surface area contributed by atoms with Crippen molar-refractivity contribution in [2.45, 2.75) is 26.2 Å². The molecule has 0 radical (unpaired) electrons. The second-order valence-electron chi connectivity index (χ2n) is 7.19. The van der Waals surface area contributed by atoms with E-state index in [-0.39, 0.29) is 10.9 Å². The number of amides is 1. The Labute approximate surface area is 184 Å². The number of carbonyl (C=O) groups is 1. The molecule has 4 aromatic rings. The molecule has 0 aliphatic carbocycles. The molecule has 1 atom stereocenters. The molecule has 1 heterocycles. The van der Waals surface area contributed by atoms with E-state index in [9.17, 15) is 4.79 Å². The minimum atomic E-state index is -0.324. The molecule has 0 saturated carbocycles. The van der Waals surface area contributed by atoms with Crippen molar-refractivity contribution >= 4 is 45.9 Å². The lowest BCUT2D eigenvalue weighted by atomic mass is 9.98. The molecule has 4 rings (SSSR count). The van der Waals surface area contributed by atoms with Gasteiger partial charge in [0.25, 0.3) is 5.91 Å². The summed E-state index contributed by atoms with van der Waals surface area (Å²) in [4.78, 5) is 17.1. The van der Waals surface area contributed by atoms with Crippen LogP contribution < -0.4 is 5.32 Å². The maximum atomic E-state index is 12.5. The van der Waals surface area contributed by atoms with Crippen molar-refractivity contribution in [2.75, 3.05) is 5.32 Å². The number of hydrogen-bond donors (Lipinski definition) is 1. The first-order valence-electron chi connectivity index (χ1n) is 9.72. The Kier molecular flexibility index (Phi) is 5.80. The summed E-state index contributed by atoms with van der Waals surface area (Å²) < 4.78 is 5.91. The molecule has 0 bridgehead atoms. The van der Waals surface area contributed by atoms with Crippen molar-refractivity contribution in [3.8, 4) is 11.5 Å². The van der Waals surface area contributed by atoms with Crippen LogP contribution in [0.15, 0.2) is 65.1 Å². The summed E-state index contributed by atoms with van der Waals surface area (Å²) in [5.41, 5.74) is 4.64. The fourth-order valence-corrected chi connectivity index (χ4v) is 3.57. The second-order valence-corrected chi connectivity index (χ2v) is 7.97. The predicted octanol–water partition coefficient (Wildman–Crippen LogP) is 7.57. The summed E-state index contributed by atoms with van der Waals surface area (Å²) in [6.45, 7) is 4.37. The van der Waals surface area contributed by atoms with Crippen LogP contribution in [-0.2, 0) is 0 Å². The Morgan fingerprint density at radius 3 is 2.60 bits per heavy atom. The number of fused-ring (bicyclic) bond motifs is 1. The molecule has 0 spiro atoms. The summed E-state index contributed by atoms with van der Waals surface area (Å²) in [6, 6.07) is 18.4. The van der Waals surface area contributed by atoms with Crippen molar-refractivity contribution in [3.63, 3.8) is 0 Å². The van der Waals surface area contributed by atoms with Gasteiger partial charge in [0.1, 0.15) is 5.52 Å². The Bertz CT molecular complexity index is 1220. The number of halogens is 2. The number of carbonyl (C=O) groups excluding carboxylic acids is 1. The van der Waals surface area contributed by atoms with Crippen molar-refractivity contribution in [3.05, 3.63) is 81.8 Å². The van der Waals surface area contributed by atoms with Gasteiger partial charge in [-0.25, -0.2) is 4.98 Å². The molecule has 0 fully saturated rings. The fourth-order valence-electron chi connectivity index (χ4n) is 3.18. The quantitative estimate of drug-likeness (QED) is 0.349. The summed E-state index contributed by atoms with van der Waals surface area (Å²) in [5.74, 6) is 0.696. The maximum Gasteiger partial charge on any atom is 0.257 e. The Balaban J connectivity index is 1.54. The first-order chi connectivity index (χ1) is 14.5. The third-order valence-corrected chi connectivity index (χ3v) is 6.00. The molecule has 1 N–H and O–H groups in total. The summed E-state index contributed by atoms with van der Waals surface area (Å²) in [6.07, 6.45) is 1.07. The highest BCUT2D eigenvalue weighted by molar-refractivity contribution is 6.44. The van der Waals surface area contributed by atoms with Crippen LogP contribution in [0.1, 0.15) is 42.1 Å². The molecule has 0 saturated heterocycles. The van der Waals surface area contributed by atoms with E-state index in [1.807, 2.05) is 18.2 Å². The van der Waals surface area contributed by atoms with Crippen LogP contribution in [0, 0.1) is 0 Å². The van der Waals surface area contributed by atoms with Crippen molar-refractivity contribution in [2.24, 2.45) is 0 Å². The largest absolute Gasteiger partial charge is 0.436 e. The fraction of sp³-hybridized carbons (Fsp3) is 0.167. The minimum absolute atomic E-state index is 0.233. The molecule has 4 nitrogen and oxygen atoms in total. The van der Waals surface area contributed by atoms with Crippen LogP contribution in [0.2, 0.25) is 10.0 Å². The van der Waals surface area contributed by atoms with E-state index in [0.717, 1.165) is 23.1 Å². The van der Waals surface area contributed by atoms with Crippen molar-refractivity contribution < 1.29 is 9.21 Å². The zero-order valence-electron chi connectivity index (χ0n) is 16.6. The topological polar surface area (TPSA) is 55.1 Å². The van der Waals surface area contributed by atoms with Gasteiger partial charge in [-0.05, 0) is 66.4 Å². The Hall–Kier alpha value is -2.82. The first-order valence-corrected chi connectivity index (χ1v) is 10.5. The molecule has 0 aliphatic rings. The van der Waals surface area contributed by atoms with Gasteiger partial charge in [-0.1, -0.05) is 49.2 Å². The molecular formula is C24H20Cl2N2O2. The molecule has 0 aliphatic heterocycles. The number of nitrogens with one attached hydrogen (secondary N) is 1. The van der Waals surface area contributed by atoms with E-state index in [2.05, 4.69) is 36.3 Å². The van der Waals surface area contributed by atoms with Crippen LogP contribution in [0.5, 0.6) is 0 Å². The van der Waals surface area contributed by atoms with Crippen LogP contribution in [0.25, 0.3) is 22.6 Å². The predicted molar refractivity (Wildman–Crippen MR) is 123 cm³/mol. The highest BCUT2D eigenvalue weighted by Gasteiger charge is 2.14. The lowest BCUT2D eigenvalue weighted by Crippen LogP contribution is -2.12. The second kappa shape index (κ2) is 8.50. The molecule has 0 unspecified atom stereocenters. The standard InChI is InChI=1S/C24H20Cl2N2O2/c1-3-14(2)16-9-12-21-20(13-16)28-24(30-21)15-7-10-17(11-8-15)27-23(29)18-5-4-6-19(25)22(18)26/h4-14H,3H2,1-2H3,(H,27,29)/t14-/m1/s1. The molecule has 152 valence electrons. The molecule has 1 aromatic heterocycles. The van der Waals surface area contributed by atoms with E-state index in [0.29, 0.717) is 28.1 Å². The zero-order valence-corrected chi connectivity index (χ0v) is 18.1. The van der Waals surface area contributed by atoms with Gasteiger partial charge in [-0.15, -0.1) is 0 Å². The Morgan fingerprint density at radius 2 is 1.87 bits per heavy atom. The van der Waals surface area contributed by atoms with Gasteiger partial charge in [0, 0.05) is 11.3 Å². The number of benzene rings is 3. The summed E-state index contributed by atoms with van der Waals surface area (Å²) in [5, 5.41) is 3.40. The number of nitrogens with zero attached hydrogens (tertiary/aromatic N) is 1. The van der Waals surface area contributed by atoms with Crippen LogP contribution in [-0.4, -0.2) is 10.9 Å². The van der Waals surface area contributed by atoms with Gasteiger partial charge < -0.3 is 9.73 Å². The maximum absolute atomic E-state index is 12.5.